The summed E-state index contributed by atoms with van der Waals surface area (Å²) >= 11 is 0. The quantitative estimate of drug-likeness (QED) is 0.824. The zero-order valence-electron chi connectivity index (χ0n) is 12.3. The van der Waals surface area contributed by atoms with E-state index in [0.717, 1.165) is 6.42 Å². The molecule has 2 aliphatic rings. The number of ether oxygens (including phenoxy) is 1. The van der Waals surface area contributed by atoms with Crippen molar-refractivity contribution < 1.29 is 9.84 Å². The predicted molar refractivity (Wildman–Crippen MR) is 74.5 cm³/mol. The van der Waals surface area contributed by atoms with Gasteiger partial charge in [0.25, 0.3) is 0 Å². The minimum Gasteiger partial charge on any atom is -0.393 e. The van der Waals surface area contributed by atoms with Crippen molar-refractivity contribution in [1.82, 2.24) is 0 Å². The normalized spacial score (nSPS) is 30.8. The van der Waals surface area contributed by atoms with Gasteiger partial charge in [-0.1, -0.05) is 33.1 Å². The molecule has 2 nitrogen and oxygen atoms in total. The second-order valence-electron chi connectivity index (χ2n) is 6.91. The van der Waals surface area contributed by atoms with E-state index in [0.29, 0.717) is 17.9 Å². The third-order valence-electron chi connectivity index (χ3n) is 5.11. The molecular formula is C16H30O2. The molecule has 1 aliphatic carbocycles. The van der Waals surface area contributed by atoms with Crippen LogP contribution in [-0.2, 0) is 4.74 Å². The van der Waals surface area contributed by atoms with Gasteiger partial charge in [0, 0.05) is 0 Å². The SMILES string of the molecule is CC(C)C(CC1CCC2(CCCCC2)O1)C(C)O. The van der Waals surface area contributed by atoms with Gasteiger partial charge in [0.2, 0.25) is 0 Å². The Balaban J connectivity index is 1.88. The molecule has 0 radical (unpaired) electrons. The van der Waals surface area contributed by atoms with Crippen LogP contribution in [0.15, 0.2) is 0 Å². The Kier molecular flexibility index (Phi) is 4.71. The maximum Gasteiger partial charge on any atom is 0.0687 e. The summed E-state index contributed by atoms with van der Waals surface area (Å²) in [7, 11) is 0. The van der Waals surface area contributed by atoms with Crippen LogP contribution in [0.2, 0.25) is 0 Å². The molecule has 0 amide bonds. The molecule has 1 saturated carbocycles. The van der Waals surface area contributed by atoms with Gasteiger partial charge >= 0.3 is 0 Å². The summed E-state index contributed by atoms with van der Waals surface area (Å²) < 4.78 is 6.41. The minimum atomic E-state index is -0.212. The molecule has 0 bridgehead atoms. The van der Waals surface area contributed by atoms with E-state index in [1.54, 1.807) is 0 Å². The molecule has 0 aromatic heterocycles. The molecule has 1 aliphatic heterocycles. The number of aliphatic hydroxyl groups is 1. The van der Waals surface area contributed by atoms with Crippen LogP contribution >= 0.6 is 0 Å². The van der Waals surface area contributed by atoms with Crippen molar-refractivity contribution >= 4 is 0 Å². The molecule has 0 aromatic carbocycles. The largest absolute Gasteiger partial charge is 0.393 e. The maximum atomic E-state index is 9.89. The smallest absolute Gasteiger partial charge is 0.0687 e. The lowest BCUT2D eigenvalue weighted by Crippen LogP contribution is -2.33. The third kappa shape index (κ3) is 3.27. The topological polar surface area (TPSA) is 29.5 Å². The third-order valence-corrected chi connectivity index (χ3v) is 5.11. The summed E-state index contributed by atoms with van der Waals surface area (Å²) in [5.41, 5.74) is 0.225. The van der Waals surface area contributed by atoms with Gasteiger partial charge in [-0.25, -0.2) is 0 Å². The van der Waals surface area contributed by atoms with Crippen LogP contribution < -0.4 is 0 Å². The molecule has 1 spiro atoms. The highest BCUT2D eigenvalue weighted by atomic mass is 16.5. The predicted octanol–water partition coefficient (Wildman–Crippen LogP) is 3.91. The first-order chi connectivity index (χ1) is 8.52. The summed E-state index contributed by atoms with van der Waals surface area (Å²) in [6.45, 7) is 6.35. The van der Waals surface area contributed by atoms with Crippen LogP contribution in [0.3, 0.4) is 0 Å². The fourth-order valence-electron chi connectivity index (χ4n) is 3.96. The van der Waals surface area contributed by atoms with E-state index >= 15 is 0 Å². The monoisotopic (exact) mass is 254 g/mol. The zero-order chi connectivity index (χ0) is 13.2. The van der Waals surface area contributed by atoms with Gasteiger partial charge in [-0.2, -0.15) is 0 Å². The highest BCUT2D eigenvalue weighted by molar-refractivity contribution is 4.92. The summed E-state index contributed by atoms with van der Waals surface area (Å²) in [5, 5.41) is 9.89. The minimum absolute atomic E-state index is 0.212. The van der Waals surface area contributed by atoms with Crippen LogP contribution in [-0.4, -0.2) is 22.9 Å². The first-order valence-electron chi connectivity index (χ1n) is 7.88. The van der Waals surface area contributed by atoms with Gasteiger partial charge in [-0.05, 0) is 50.9 Å². The molecule has 18 heavy (non-hydrogen) atoms. The lowest BCUT2D eigenvalue weighted by atomic mass is 9.82. The second kappa shape index (κ2) is 5.92. The van der Waals surface area contributed by atoms with Crippen molar-refractivity contribution in [1.29, 1.82) is 0 Å². The van der Waals surface area contributed by atoms with Gasteiger partial charge < -0.3 is 9.84 Å². The molecule has 2 fully saturated rings. The average molecular weight is 254 g/mol. The van der Waals surface area contributed by atoms with Crippen LogP contribution in [0.4, 0.5) is 0 Å². The van der Waals surface area contributed by atoms with Crippen molar-refractivity contribution in [3.05, 3.63) is 0 Å². The van der Waals surface area contributed by atoms with Crippen molar-refractivity contribution in [2.24, 2.45) is 11.8 Å². The van der Waals surface area contributed by atoms with Gasteiger partial charge in [-0.3, -0.25) is 0 Å². The summed E-state index contributed by atoms with van der Waals surface area (Å²) in [5.74, 6) is 0.922. The van der Waals surface area contributed by atoms with E-state index < -0.39 is 0 Å². The van der Waals surface area contributed by atoms with Gasteiger partial charge in [0.1, 0.15) is 0 Å². The van der Waals surface area contributed by atoms with Crippen molar-refractivity contribution in [3.8, 4) is 0 Å². The molecular weight excluding hydrogens is 224 g/mol. The van der Waals surface area contributed by atoms with E-state index in [9.17, 15) is 5.11 Å². The second-order valence-corrected chi connectivity index (χ2v) is 6.91. The van der Waals surface area contributed by atoms with Crippen LogP contribution in [0.1, 0.15) is 72.1 Å². The Labute approximate surface area is 112 Å². The van der Waals surface area contributed by atoms with Gasteiger partial charge in [-0.15, -0.1) is 0 Å². The number of rotatable bonds is 4. The van der Waals surface area contributed by atoms with Gasteiger partial charge in [0.15, 0.2) is 0 Å². The zero-order valence-corrected chi connectivity index (χ0v) is 12.3. The molecule has 2 rings (SSSR count). The van der Waals surface area contributed by atoms with E-state index in [4.69, 9.17) is 4.74 Å². The summed E-state index contributed by atoms with van der Waals surface area (Å²) in [6, 6.07) is 0. The molecule has 1 N–H and O–H groups in total. The first-order valence-corrected chi connectivity index (χ1v) is 7.88. The van der Waals surface area contributed by atoms with Crippen LogP contribution in [0.5, 0.6) is 0 Å². The van der Waals surface area contributed by atoms with Crippen LogP contribution in [0, 0.1) is 11.8 Å². The molecule has 2 heteroatoms. The van der Waals surface area contributed by atoms with Crippen LogP contribution in [0.25, 0.3) is 0 Å². The fraction of sp³-hybridized carbons (Fsp3) is 1.00. The Morgan fingerprint density at radius 2 is 1.78 bits per heavy atom. The lowest BCUT2D eigenvalue weighted by Gasteiger charge is -2.34. The van der Waals surface area contributed by atoms with E-state index in [1.807, 2.05) is 6.92 Å². The Hall–Kier alpha value is -0.0800. The molecule has 0 aromatic rings. The lowest BCUT2D eigenvalue weighted by molar-refractivity contribution is -0.0775. The summed E-state index contributed by atoms with van der Waals surface area (Å²) in [6.07, 6.45) is 10.3. The Morgan fingerprint density at radius 1 is 1.11 bits per heavy atom. The van der Waals surface area contributed by atoms with Crippen molar-refractivity contribution in [3.63, 3.8) is 0 Å². The summed E-state index contributed by atoms with van der Waals surface area (Å²) in [4.78, 5) is 0. The first kappa shape index (κ1) is 14.3. The van der Waals surface area contributed by atoms with E-state index in [2.05, 4.69) is 13.8 Å². The average Bonchev–Trinajstić information content (AvgIpc) is 2.69. The molecule has 3 unspecified atom stereocenters. The highest BCUT2D eigenvalue weighted by Crippen LogP contribution is 2.43. The molecule has 3 atom stereocenters. The van der Waals surface area contributed by atoms with Gasteiger partial charge in [0.05, 0.1) is 17.8 Å². The van der Waals surface area contributed by atoms with Crippen molar-refractivity contribution in [2.75, 3.05) is 0 Å². The maximum absolute atomic E-state index is 9.89. The Morgan fingerprint density at radius 3 is 2.33 bits per heavy atom. The number of hydrogen-bond acceptors (Lipinski definition) is 2. The number of aliphatic hydroxyl groups excluding tert-OH is 1. The Bertz CT molecular complexity index is 246. The highest BCUT2D eigenvalue weighted by Gasteiger charge is 2.41. The molecule has 106 valence electrons. The molecule has 1 saturated heterocycles. The number of hydrogen-bond donors (Lipinski definition) is 1. The van der Waals surface area contributed by atoms with E-state index in [1.165, 1.54) is 44.9 Å². The van der Waals surface area contributed by atoms with Crippen molar-refractivity contribution in [2.45, 2.75) is 89.9 Å². The van der Waals surface area contributed by atoms with E-state index in [-0.39, 0.29) is 11.7 Å². The molecule has 1 heterocycles. The standard InChI is InChI=1S/C16H30O2/c1-12(2)15(13(3)17)11-14-7-10-16(18-14)8-5-4-6-9-16/h12-15,17H,4-11H2,1-3H3. The fourth-order valence-corrected chi connectivity index (χ4v) is 3.96.